The number of aryl methyl sites for hydroxylation is 2. The third kappa shape index (κ3) is 2.39. The lowest BCUT2D eigenvalue weighted by atomic mass is 9.96. The zero-order chi connectivity index (χ0) is 10.8. The van der Waals surface area contributed by atoms with Crippen LogP contribution in [0.15, 0.2) is 18.2 Å². The number of nitrogens with one attached hydrogen (secondary N) is 1. The van der Waals surface area contributed by atoms with Gasteiger partial charge in [0.1, 0.15) is 0 Å². The Morgan fingerprint density at radius 2 is 1.93 bits per heavy atom. The van der Waals surface area contributed by atoms with Gasteiger partial charge in [-0.3, -0.25) is 0 Å². The lowest BCUT2D eigenvalue weighted by molar-refractivity contribution is 0.242. The Hall–Kier alpha value is -0.860. The molecule has 0 spiro atoms. The van der Waals surface area contributed by atoms with Crippen LogP contribution >= 0.6 is 0 Å². The summed E-state index contributed by atoms with van der Waals surface area (Å²) in [6.45, 7) is 4.40. The fraction of sp³-hybridized carbons (Fsp3) is 0.538. The van der Waals surface area contributed by atoms with Crippen molar-refractivity contribution in [2.75, 3.05) is 6.61 Å². The van der Waals surface area contributed by atoms with Crippen LogP contribution in [0, 0.1) is 13.8 Å². The SMILES string of the molecule is Cc1cccc(C)c1C(CO)NC1CC1. The summed E-state index contributed by atoms with van der Waals surface area (Å²) in [5, 5.41) is 12.9. The smallest absolute Gasteiger partial charge is 0.0626 e. The van der Waals surface area contributed by atoms with Gasteiger partial charge >= 0.3 is 0 Å². The molecule has 0 heterocycles. The van der Waals surface area contributed by atoms with Crippen LogP contribution in [0.5, 0.6) is 0 Å². The van der Waals surface area contributed by atoms with Gasteiger partial charge in [0, 0.05) is 6.04 Å². The zero-order valence-electron chi connectivity index (χ0n) is 9.46. The molecule has 1 saturated carbocycles. The third-order valence-corrected chi connectivity index (χ3v) is 3.09. The van der Waals surface area contributed by atoms with Gasteiger partial charge in [0.15, 0.2) is 0 Å². The summed E-state index contributed by atoms with van der Waals surface area (Å²) in [4.78, 5) is 0. The molecule has 1 aliphatic rings. The minimum absolute atomic E-state index is 0.110. The molecule has 15 heavy (non-hydrogen) atoms. The molecule has 0 amide bonds. The van der Waals surface area contributed by atoms with Crippen LogP contribution in [0.1, 0.15) is 35.6 Å². The third-order valence-electron chi connectivity index (χ3n) is 3.09. The number of benzene rings is 1. The number of aliphatic hydroxyl groups is 1. The second-order valence-corrected chi connectivity index (χ2v) is 4.48. The molecular weight excluding hydrogens is 186 g/mol. The molecule has 1 atom stereocenters. The molecule has 2 heteroatoms. The maximum Gasteiger partial charge on any atom is 0.0626 e. The summed E-state index contributed by atoms with van der Waals surface area (Å²) in [5.41, 5.74) is 3.80. The Labute approximate surface area is 91.3 Å². The largest absolute Gasteiger partial charge is 0.394 e. The van der Waals surface area contributed by atoms with Gasteiger partial charge in [0.05, 0.1) is 12.6 Å². The van der Waals surface area contributed by atoms with E-state index in [0.717, 1.165) is 0 Å². The van der Waals surface area contributed by atoms with E-state index in [1.165, 1.54) is 29.5 Å². The van der Waals surface area contributed by atoms with Crippen LogP contribution in [-0.4, -0.2) is 17.8 Å². The van der Waals surface area contributed by atoms with E-state index >= 15 is 0 Å². The predicted octanol–water partition coefficient (Wildman–Crippen LogP) is 2.09. The van der Waals surface area contributed by atoms with Gasteiger partial charge in [-0.15, -0.1) is 0 Å². The minimum Gasteiger partial charge on any atom is -0.394 e. The Morgan fingerprint density at radius 3 is 2.40 bits per heavy atom. The first-order chi connectivity index (χ1) is 7.22. The molecule has 0 bridgehead atoms. The van der Waals surface area contributed by atoms with E-state index in [0.29, 0.717) is 6.04 Å². The lowest BCUT2D eigenvalue weighted by Crippen LogP contribution is -2.27. The maximum atomic E-state index is 9.44. The first kappa shape index (κ1) is 10.7. The average Bonchev–Trinajstić information content (AvgIpc) is 2.99. The second-order valence-electron chi connectivity index (χ2n) is 4.48. The molecule has 0 radical (unpaired) electrons. The van der Waals surface area contributed by atoms with Gasteiger partial charge in [-0.25, -0.2) is 0 Å². The van der Waals surface area contributed by atoms with Crippen molar-refractivity contribution < 1.29 is 5.11 Å². The summed E-state index contributed by atoms with van der Waals surface area (Å²) in [5.74, 6) is 0. The van der Waals surface area contributed by atoms with Crippen LogP contribution in [0.2, 0.25) is 0 Å². The molecule has 1 unspecified atom stereocenters. The molecule has 2 N–H and O–H groups in total. The highest BCUT2D eigenvalue weighted by Crippen LogP contribution is 2.27. The van der Waals surface area contributed by atoms with Crippen molar-refractivity contribution in [1.82, 2.24) is 5.32 Å². The van der Waals surface area contributed by atoms with Crippen molar-refractivity contribution in [3.63, 3.8) is 0 Å². The summed E-state index contributed by atoms with van der Waals surface area (Å²) >= 11 is 0. The Balaban J connectivity index is 2.23. The van der Waals surface area contributed by atoms with Gasteiger partial charge < -0.3 is 10.4 Å². The second kappa shape index (κ2) is 4.33. The highest BCUT2D eigenvalue weighted by Gasteiger charge is 2.26. The fourth-order valence-corrected chi connectivity index (χ4v) is 2.14. The van der Waals surface area contributed by atoms with Gasteiger partial charge in [0.2, 0.25) is 0 Å². The monoisotopic (exact) mass is 205 g/mol. The summed E-state index contributed by atoms with van der Waals surface area (Å²) in [6, 6.07) is 7.03. The highest BCUT2D eigenvalue weighted by molar-refractivity contribution is 5.36. The van der Waals surface area contributed by atoms with E-state index in [1.807, 2.05) is 0 Å². The number of rotatable bonds is 4. The van der Waals surface area contributed by atoms with Crippen LogP contribution in [0.3, 0.4) is 0 Å². The van der Waals surface area contributed by atoms with Gasteiger partial charge in [-0.1, -0.05) is 18.2 Å². The standard InChI is InChI=1S/C13H19NO/c1-9-4-3-5-10(2)13(9)12(8-15)14-11-6-7-11/h3-5,11-12,14-15H,6-8H2,1-2H3. The van der Waals surface area contributed by atoms with E-state index in [1.54, 1.807) is 0 Å². The summed E-state index contributed by atoms with van der Waals surface area (Å²) < 4.78 is 0. The van der Waals surface area contributed by atoms with Crippen LogP contribution in [0.25, 0.3) is 0 Å². The summed E-state index contributed by atoms with van der Waals surface area (Å²) in [7, 11) is 0. The Kier molecular flexibility index (Phi) is 3.08. The normalized spacial score (nSPS) is 17.8. The van der Waals surface area contributed by atoms with Crippen LogP contribution in [0.4, 0.5) is 0 Å². The molecular formula is C13H19NO. The molecule has 0 aromatic heterocycles. The van der Waals surface area contributed by atoms with Crippen molar-refractivity contribution in [3.05, 3.63) is 34.9 Å². The Morgan fingerprint density at radius 1 is 1.33 bits per heavy atom. The molecule has 2 rings (SSSR count). The summed E-state index contributed by atoms with van der Waals surface area (Å²) in [6.07, 6.45) is 2.50. The van der Waals surface area contributed by atoms with Crippen molar-refractivity contribution in [3.8, 4) is 0 Å². The minimum atomic E-state index is 0.110. The lowest BCUT2D eigenvalue weighted by Gasteiger charge is -2.20. The van der Waals surface area contributed by atoms with E-state index < -0.39 is 0 Å². The first-order valence-corrected chi connectivity index (χ1v) is 5.65. The zero-order valence-corrected chi connectivity index (χ0v) is 9.46. The number of hydrogen-bond acceptors (Lipinski definition) is 2. The van der Waals surface area contributed by atoms with E-state index in [4.69, 9.17) is 0 Å². The van der Waals surface area contributed by atoms with E-state index in [2.05, 4.69) is 37.4 Å². The topological polar surface area (TPSA) is 32.3 Å². The van der Waals surface area contributed by atoms with Gasteiger partial charge in [-0.05, 0) is 43.4 Å². The molecule has 0 saturated heterocycles. The van der Waals surface area contributed by atoms with Crippen LogP contribution < -0.4 is 5.32 Å². The van der Waals surface area contributed by atoms with E-state index in [-0.39, 0.29) is 12.6 Å². The van der Waals surface area contributed by atoms with Crippen molar-refractivity contribution >= 4 is 0 Å². The predicted molar refractivity (Wildman–Crippen MR) is 61.9 cm³/mol. The number of aliphatic hydroxyl groups excluding tert-OH is 1. The number of hydrogen-bond donors (Lipinski definition) is 2. The molecule has 82 valence electrons. The first-order valence-electron chi connectivity index (χ1n) is 5.65. The molecule has 1 fully saturated rings. The molecule has 1 aromatic rings. The Bertz CT molecular complexity index is 324. The van der Waals surface area contributed by atoms with Gasteiger partial charge in [-0.2, -0.15) is 0 Å². The van der Waals surface area contributed by atoms with E-state index in [9.17, 15) is 5.11 Å². The van der Waals surface area contributed by atoms with Crippen molar-refractivity contribution in [2.24, 2.45) is 0 Å². The van der Waals surface area contributed by atoms with Crippen LogP contribution in [-0.2, 0) is 0 Å². The van der Waals surface area contributed by atoms with Gasteiger partial charge in [0.25, 0.3) is 0 Å². The molecule has 1 aromatic carbocycles. The maximum absolute atomic E-state index is 9.44. The van der Waals surface area contributed by atoms with Crippen molar-refractivity contribution in [2.45, 2.75) is 38.8 Å². The molecule has 2 nitrogen and oxygen atoms in total. The molecule has 0 aliphatic heterocycles. The fourth-order valence-electron chi connectivity index (χ4n) is 2.14. The molecule has 1 aliphatic carbocycles. The quantitative estimate of drug-likeness (QED) is 0.789. The highest BCUT2D eigenvalue weighted by atomic mass is 16.3. The van der Waals surface area contributed by atoms with Crippen molar-refractivity contribution in [1.29, 1.82) is 0 Å². The average molecular weight is 205 g/mol.